The molecule has 5 heteroatoms. The van der Waals surface area contributed by atoms with Gasteiger partial charge >= 0.3 is 0 Å². The van der Waals surface area contributed by atoms with Gasteiger partial charge in [0.2, 0.25) is 0 Å². The van der Waals surface area contributed by atoms with Crippen LogP contribution in [-0.2, 0) is 13.0 Å². The molecule has 0 atom stereocenters. The van der Waals surface area contributed by atoms with Gasteiger partial charge < -0.3 is 5.32 Å². The van der Waals surface area contributed by atoms with Gasteiger partial charge in [-0.15, -0.1) is 11.3 Å². The first kappa shape index (κ1) is 13.2. The number of halogens is 1. The van der Waals surface area contributed by atoms with Gasteiger partial charge in [-0.05, 0) is 40.0 Å². The molecular weight excluding hydrogens is 312 g/mol. The van der Waals surface area contributed by atoms with Gasteiger partial charge in [-0.25, -0.2) is 0 Å². The van der Waals surface area contributed by atoms with Crippen molar-refractivity contribution in [1.29, 1.82) is 0 Å². The largest absolute Gasteiger partial charge is 0.346 e. The normalized spacial score (nSPS) is 10.3. The molecule has 0 aliphatic heterocycles. The van der Waals surface area contributed by atoms with E-state index in [1.54, 1.807) is 6.20 Å². The van der Waals surface area contributed by atoms with E-state index in [1.807, 2.05) is 23.6 Å². The minimum atomic E-state index is -0.0651. The minimum Gasteiger partial charge on any atom is -0.346 e. The zero-order valence-corrected chi connectivity index (χ0v) is 12.3. The van der Waals surface area contributed by atoms with Crippen LogP contribution in [-0.4, -0.2) is 10.9 Å². The molecule has 3 nitrogen and oxygen atoms in total. The van der Waals surface area contributed by atoms with Gasteiger partial charge in [-0.2, -0.15) is 0 Å². The number of carbonyl (C=O) groups excluding carboxylic acids is 1. The quantitative estimate of drug-likeness (QED) is 0.936. The molecule has 0 unspecified atom stereocenters. The molecule has 0 aliphatic rings. The molecule has 0 radical (unpaired) electrons. The van der Waals surface area contributed by atoms with E-state index in [4.69, 9.17) is 0 Å². The molecule has 0 saturated heterocycles. The Bertz CT molecular complexity index is 553. The molecule has 2 aromatic rings. The zero-order valence-electron chi connectivity index (χ0n) is 9.94. The molecule has 0 aromatic carbocycles. The third-order valence-corrected chi connectivity index (χ3v) is 4.12. The predicted molar refractivity (Wildman–Crippen MR) is 76.8 cm³/mol. The van der Waals surface area contributed by atoms with Gasteiger partial charge in [0.15, 0.2) is 0 Å². The highest BCUT2D eigenvalue weighted by Crippen LogP contribution is 2.20. The van der Waals surface area contributed by atoms with Crippen LogP contribution in [0.25, 0.3) is 0 Å². The number of pyridine rings is 1. The molecule has 2 heterocycles. The lowest BCUT2D eigenvalue weighted by molar-refractivity contribution is 0.0951. The summed E-state index contributed by atoms with van der Waals surface area (Å²) in [4.78, 5) is 16.2. The molecular formula is C13H13BrN2OS. The minimum absolute atomic E-state index is 0.0651. The Balaban J connectivity index is 2.01. The summed E-state index contributed by atoms with van der Waals surface area (Å²) in [5.41, 5.74) is 2.78. The maximum atomic E-state index is 11.9. The second-order valence-electron chi connectivity index (χ2n) is 3.78. The molecule has 0 saturated carbocycles. The molecule has 0 aliphatic carbocycles. The third-order valence-electron chi connectivity index (χ3n) is 2.61. The molecule has 18 heavy (non-hydrogen) atoms. The van der Waals surface area contributed by atoms with E-state index < -0.39 is 0 Å². The molecule has 1 amide bonds. The average molecular weight is 325 g/mol. The van der Waals surface area contributed by atoms with Crippen molar-refractivity contribution in [1.82, 2.24) is 10.3 Å². The predicted octanol–water partition coefficient (Wildman–Crippen LogP) is 3.40. The molecule has 0 bridgehead atoms. The summed E-state index contributed by atoms with van der Waals surface area (Å²) in [6.45, 7) is 2.55. The summed E-state index contributed by atoms with van der Waals surface area (Å²) in [6, 6.07) is 5.77. The van der Waals surface area contributed by atoms with Crippen molar-refractivity contribution in [3.8, 4) is 0 Å². The Labute approximate surface area is 118 Å². The van der Waals surface area contributed by atoms with Crippen molar-refractivity contribution < 1.29 is 4.79 Å². The topological polar surface area (TPSA) is 42.0 Å². The Morgan fingerprint density at radius 3 is 3.06 bits per heavy atom. The molecule has 0 fully saturated rings. The van der Waals surface area contributed by atoms with Crippen molar-refractivity contribution in [2.24, 2.45) is 0 Å². The number of rotatable bonds is 4. The summed E-state index contributed by atoms with van der Waals surface area (Å²) >= 11 is 4.85. The fraction of sp³-hybridized carbons (Fsp3) is 0.231. The summed E-state index contributed by atoms with van der Waals surface area (Å²) < 4.78 is 0.958. The SMILES string of the molecule is CCc1cccnc1CNC(=O)c1csc(Br)c1. The number of hydrogen-bond donors (Lipinski definition) is 1. The van der Waals surface area contributed by atoms with Crippen LogP contribution in [0.3, 0.4) is 0 Å². The monoisotopic (exact) mass is 324 g/mol. The van der Waals surface area contributed by atoms with Gasteiger partial charge in [-0.3, -0.25) is 9.78 Å². The number of nitrogens with one attached hydrogen (secondary N) is 1. The van der Waals surface area contributed by atoms with Crippen LogP contribution in [0, 0.1) is 0 Å². The maximum Gasteiger partial charge on any atom is 0.252 e. The summed E-state index contributed by atoms with van der Waals surface area (Å²) in [6.07, 6.45) is 2.67. The standard InChI is InChI=1S/C13H13BrN2OS/c1-2-9-4-3-5-15-11(9)7-16-13(17)10-6-12(14)18-8-10/h3-6,8H,2,7H2,1H3,(H,16,17). The van der Waals surface area contributed by atoms with Gasteiger partial charge in [0.05, 0.1) is 21.6 Å². The first-order chi connectivity index (χ1) is 8.70. The lowest BCUT2D eigenvalue weighted by atomic mass is 10.1. The van der Waals surface area contributed by atoms with Crippen LogP contribution in [0.5, 0.6) is 0 Å². The van der Waals surface area contributed by atoms with E-state index in [2.05, 4.69) is 33.2 Å². The van der Waals surface area contributed by atoms with Crippen LogP contribution in [0.4, 0.5) is 0 Å². The van der Waals surface area contributed by atoms with Gasteiger partial charge in [0.25, 0.3) is 5.91 Å². The average Bonchev–Trinajstić information content (AvgIpc) is 2.83. The summed E-state index contributed by atoms with van der Waals surface area (Å²) in [5, 5.41) is 4.72. The van der Waals surface area contributed by atoms with Crippen molar-refractivity contribution in [2.75, 3.05) is 0 Å². The van der Waals surface area contributed by atoms with E-state index in [9.17, 15) is 4.79 Å². The van der Waals surface area contributed by atoms with Crippen LogP contribution in [0.2, 0.25) is 0 Å². The lowest BCUT2D eigenvalue weighted by Gasteiger charge is -2.07. The Hall–Kier alpha value is -1.20. The van der Waals surface area contributed by atoms with E-state index in [1.165, 1.54) is 16.9 Å². The number of aryl methyl sites for hydroxylation is 1. The Morgan fingerprint density at radius 2 is 2.39 bits per heavy atom. The molecule has 94 valence electrons. The van der Waals surface area contributed by atoms with E-state index in [0.29, 0.717) is 12.1 Å². The maximum absolute atomic E-state index is 11.9. The third kappa shape index (κ3) is 3.17. The summed E-state index contributed by atoms with van der Waals surface area (Å²) in [7, 11) is 0. The molecule has 2 rings (SSSR count). The highest BCUT2D eigenvalue weighted by molar-refractivity contribution is 9.11. The number of nitrogens with zero attached hydrogens (tertiary/aromatic N) is 1. The van der Waals surface area contributed by atoms with Crippen LogP contribution >= 0.6 is 27.3 Å². The lowest BCUT2D eigenvalue weighted by Crippen LogP contribution is -2.23. The number of thiophene rings is 1. The van der Waals surface area contributed by atoms with Gasteiger partial charge in [0, 0.05) is 11.6 Å². The first-order valence-electron chi connectivity index (χ1n) is 5.65. The first-order valence-corrected chi connectivity index (χ1v) is 7.33. The van der Waals surface area contributed by atoms with Crippen molar-refractivity contribution in [3.05, 3.63) is 50.4 Å². The molecule has 0 spiro atoms. The van der Waals surface area contributed by atoms with Crippen molar-refractivity contribution in [3.63, 3.8) is 0 Å². The fourth-order valence-corrected chi connectivity index (χ4v) is 2.78. The fourth-order valence-electron chi connectivity index (χ4n) is 1.65. The van der Waals surface area contributed by atoms with E-state index in [-0.39, 0.29) is 5.91 Å². The van der Waals surface area contributed by atoms with Crippen LogP contribution in [0.15, 0.2) is 33.6 Å². The summed E-state index contributed by atoms with van der Waals surface area (Å²) in [5.74, 6) is -0.0651. The van der Waals surface area contributed by atoms with Crippen molar-refractivity contribution >= 4 is 33.2 Å². The van der Waals surface area contributed by atoms with E-state index >= 15 is 0 Å². The van der Waals surface area contributed by atoms with Gasteiger partial charge in [0.1, 0.15) is 0 Å². The Kier molecular flexibility index (Phi) is 4.49. The highest BCUT2D eigenvalue weighted by atomic mass is 79.9. The number of aromatic nitrogens is 1. The number of amides is 1. The zero-order chi connectivity index (χ0) is 13.0. The second kappa shape index (κ2) is 6.11. The highest BCUT2D eigenvalue weighted by Gasteiger charge is 2.09. The second-order valence-corrected chi connectivity index (χ2v) is 6.08. The number of carbonyl (C=O) groups is 1. The number of hydrogen-bond acceptors (Lipinski definition) is 3. The van der Waals surface area contributed by atoms with Crippen LogP contribution in [0.1, 0.15) is 28.5 Å². The van der Waals surface area contributed by atoms with Crippen molar-refractivity contribution in [2.45, 2.75) is 19.9 Å². The van der Waals surface area contributed by atoms with Gasteiger partial charge in [-0.1, -0.05) is 13.0 Å². The molecule has 1 N–H and O–H groups in total. The Morgan fingerprint density at radius 1 is 1.56 bits per heavy atom. The molecule has 2 aromatic heterocycles. The van der Waals surface area contributed by atoms with Crippen LogP contribution < -0.4 is 5.32 Å². The smallest absolute Gasteiger partial charge is 0.252 e. The van der Waals surface area contributed by atoms with E-state index in [0.717, 1.165) is 15.9 Å².